The zero-order chi connectivity index (χ0) is 18.0. The highest BCUT2D eigenvalue weighted by molar-refractivity contribution is 6.10. The molecule has 6 heteroatoms. The number of carbonyl (C=O) groups excluding carboxylic acids is 3. The van der Waals surface area contributed by atoms with Crippen molar-refractivity contribution >= 4 is 28.6 Å². The third kappa shape index (κ3) is 2.87. The number of carbonyl (C=O) groups is 3. The third-order valence-corrected chi connectivity index (χ3v) is 4.35. The van der Waals surface area contributed by atoms with Crippen molar-refractivity contribution in [3.05, 3.63) is 60.7 Å². The molecule has 2 aromatic rings. The first-order valence-corrected chi connectivity index (χ1v) is 7.97. The molecule has 0 aromatic heterocycles. The molecule has 3 rings (SSSR count). The van der Waals surface area contributed by atoms with Crippen LogP contribution in [0.5, 0.6) is 0 Å². The summed E-state index contributed by atoms with van der Waals surface area (Å²) in [5, 5.41) is 7.17. The molecule has 0 bridgehead atoms. The fraction of sp³-hybridized carbons (Fsp3) is 0.211. The molecule has 1 fully saturated rings. The Kier molecular flexibility index (Phi) is 4.27. The molecule has 0 saturated carbocycles. The highest BCUT2D eigenvalue weighted by Crippen LogP contribution is 2.33. The van der Waals surface area contributed by atoms with Gasteiger partial charge in [0.05, 0.1) is 0 Å². The largest absolute Gasteiger partial charge is 0.351 e. The Morgan fingerprint density at radius 2 is 1.96 bits per heavy atom. The summed E-state index contributed by atoms with van der Waals surface area (Å²) in [6, 6.07) is 12.7. The van der Waals surface area contributed by atoms with Crippen LogP contribution >= 0.6 is 0 Å². The van der Waals surface area contributed by atoms with Crippen LogP contribution in [0, 0.1) is 0 Å². The third-order valence-electron chi connectivity index (χ3n) is 4.35. The lowest BCUT2D eigenvalue weighted by Gasteiger charge is -2.24. The zero-order valence-corrected chi connectivity index (χ0v) is 13.9. The highest BCUT2D eigenvalue weighted by Gasteiger charge is 2.50. The first kappa shape index (κ1) is 16.7. The predicted molar refractivity (Wildman–Crippen MR) is 94.8 cm³/mol. The predicted octanol–water partition coefficient (Wildman–Crippen LogP) is 1.91. The van der Waals surface area contributed by atoms with Crippen LogP contribution in [0.1, 0.15) is 12.5 Å². The molecular weight excluding hydrogens is 318 g/mol. The van der Waals surface area contributed by atoms with E-state index in [4.69, 9.17) is 0 Å². The van der Waals surface area contributed by atoms with Gasteiger partial charge in [0.15, 0.2) is 0 Å². The van der Waals surface area contributed by atoms with E-state index in [-0.39, 0.29) is 13.1 Å². The van der Waals surface area contributed by atoms with Crippen LogP contribution in [0.3, 0.4) is 0 Å². The van der Waals surface area contributed by atoms with Gasteiger partial charge in [-0.05, 0) is 23.3 Å². The second kappa shape index (κ2) is 6.39. The van der Waals surface area contributed by atoms with Gasteiger partial charge in [-0.1, -0.05) is 48.5 Å². The number of imide groups is 1. The first-order chi connectivity index (χ1) is 12.0. The highest BCUT2D eigenvalue weighted by atomic mass is 16.2. The topological polar surface area (TPSA) is 78.5 Å². The van der Waals surface area contributed by atoms with Crippen molar-refractivity contribution in [2.75, 3.05) is 13.1 Å². The van der Waals surface area contributed by atoms with E-state index in [1.165, 1.54) is 6.08 Å². The molecular formula is C19H19N3O3. The van der Waals surface area contributed by atoms with Crippen LogP contribution in [0.25, 0.3) is 10.8 Å². The zero-order valence-electron chi connectivity index (χ0n) is 13.9. The van der Waals surface area contributed by atoms with Gasteiger partial charge in [0, 0.05) is 6.54 Å². The number of hydrogen-bond donors (Lipinski definition) is 2. The van der Waals surface area contributed by atoms with Crippen molar-refractivity contribution in [2.45, 2.75) is 12.5 Å². The summed E-state index contributed by atoms with van der Waals surface area (Å²) in [6.45, 7) is 5.14. The van der Waals surface area contributed by atoms with Crippen LogP contribution in [-0.4, -0.2) is 35.8 Å². The number of benzene rings is 2. The SMILES string of the molecule is C=CCNC(=O)CN1C(=O)NC(C)(c2cccc3ccccc23)C1=O. The minimum atomic E-state index is -1.21. The number of nitrogens with one attached hydrogen (secondary N) is 2. The molecule has 128 valence electrons. The summed E-state index contributed by atoms with van der Waals surface area (Å²) >= 11 is 0. The molecule has 0 radical (unpaired) electrons. The van der Waals surface area contributed by atoms with Crippen molar-refractivity contribution in [2.24, 2.45) is 0 Å². The van der Waals surface area contributed by atoms with Gasteiger partial charge >= 0.3 is 6.03 Å². The number of nitrogens with zero attached hydrogens (tertiary/aromatic N) is 1. The van der Waals surface area contributed by atoms with E-state index < -0.39 is 23.4 Å². The lowest BCUT2D eigenvalue weighted by Crippen LogP contribution is -2.43. The Labute approximate surface area is 145 Å². The molecule has 4 amide bonds. The van der Waals surface area contributed by atoms with Crippen molar-refractivity contribution in [1.29, 1.82) is 0 Å². The van der Waals surface area contributed by atoms with Crippen molar-refractivity contribution in [3.63, 3.8) is 0 Å². The Morgan fingerprint density at radius 1 is 1.24 bits per heavy atom. The van der Waals surface area contributed by atoms with Gasteiger partial charge in [0.1, 0.15) is 12.1 Å². The summed E-state index contributed by atoms with van der Waals surface area (Å²) in [5.74, 6) is -0.854. The number of fused-ring (bicyclic) bond motifs is 1. The maximum absolute atomic E-state index is 12.9. The summed E-state index contributed by atoms with van der Waals surface area (Å²) in [4.78, 5) is 38.1. The molecule has 0 spiro atoms. The van der Waals surface area contributed by atoms with Crippen molar-refractivity contribution in [3.8, 4) is 0 Å². The van der Waals surface area contributed by atoms with E-state index in [1.807, 2.05) is 42.5 Å². The normalized spacial score (nSPS) is 19.8. The van der Waals surface area contributed by atoms with E-state index in [0.717, 1.165) is 15.7 Å². The summed E-state index contributed by atoms with van der Waals surface area (Å²) in [6.07, 6.45) is 1.53. The van der Waals surface area contributed by atoms with Gasteiger partial charge < -0.3 is 10.6 Å². The van der Waals surface area contributed by atoms with Crippen molar-refractivity contribution in [1.82, 2.24) is 15.5 Å². The van der Waals surface area contributed by atoms with Crippen LogP contribution in [0.2, 0.25) is 0 Å². The number of hydrogen-bond acceptors (Lipinski definition) is 3. The van der Waals surface area contributed by atoms with Crippen molar-refractivity contribution < 1.29 is 14.4 Å². The van der Waals surface area contributed by atoms with E-state index in [0.29, 0.717) is 5.56 Å². The lowest BCUT2D eigenvalue weighted by molar-refractivity contribution is -0.134. The van der Waals surface area contributed by atoms with Gasteiger partial charge in [0.25, 0.3) is 5.91 Å². The molecule has 1 saturated heterocycles. The average molecular weight is 337 g/mol. The van der Waals surface area contributed by atoms with E-state index in [1.54, 1.807) is 6.92 Å². The van der Waals surface area contributed by atoms with Gasteiger partial charge in [-0.2, -0.15) is 0 Å². The van der Waals surface area contributed by atoms with E-state index >= 15 is 0 Å². The van der Waals surface area contributed by atoms with E-state index in [9.17, 15) is 14.4 Å². The van der Waals surface area contributed by atoms with Crippen LogP contribution in [-0.2, 0) is 15.1 Å². The second-order valence-corrected chi connectivity index (χ2v) is 6.07. The average Bonchev–Trinajstić information content (AvgIpc) is 2.83. The fourth-order valence-electron chi connectivity index (χ4n) is 3.07. The molecule has 0 aliphatic carbocycles. The number of urea groups is 1. The Morgan fingerprint density at radius 3 is 2.72 bits per heavy atom. The Hall–Kier alpha value is -3.15. The Balaban J connectivity index is 1.94. The van der Waals surface area contributed by atoms with Gasteiger partial charge in [0.2, 0.25) is 5.91 Å². The second-order valence-electron chi connectivity index (χ2n) is 6.07. The maximum Gasteiger partial charge on any atom is 0.325 e. The molecule has 6 nitrogen and oxygen atoms in total. The monoisotopic (exact) mass is 337 g/mol. The summed E-state index contributed by atoms with van der Waals surface area (Å²) in [7, 11) is 0. The molecule has 1 atom stereocenters. The minimum absolute atomic E-state index is 0.281. The lowest BCUT2D eigenvalue weighted by atomic mass is 9.88. The van der Waals surface area contributed by atoms with Crippen LogP contribution < -0.4 is 10.6 Å². The number of rotatable bonds is 5. The number of amides is 4. The molecule has 25 heavy (non-hydrogen) atoms. The molecule has 1 aliphatic heterocycles. The van der Waals surface area contributed by atoms with Gasteiger partial charge in [-0.25, -0.2) is 4.79 Å². The first-order valence-electron chi connectivity index (χ1n) is 7.97. The van der Waals surface area contributed by atoms with Crippen LogP contribution in [0.15, 0.2) is 55.1 Å². The maximum atomic E-state index is 12.9. The fourth-order valence-corrected chi connectivity index (χ4v) is 3.07. The molecule has 1 unspecified atom stereocenters. The quantitative estimate of drug-likeness (QED) is 0.646. The summed E-state index contributed by atoms with van der Waals surface area (Å²) in [5.41, 5.74) is -0.505. The standard InChI is InChI=1S/C19H19N3O3/c1-3-11-20-16(23)12-22-17(24)19(2,21-18(22)25)15-10-6-8-13-7-4-5-9-14(13)15/h3-10H,1,11-12H2,2H3,(H,20,23)(H,21,25). The Bertz CT molecular complexity index is 872. The molecule has 2 N–H and O–H groups in total. The van der Waals surface area contributed by atoms with Gasteiger partial charge in [-0.3, -0.25) is 14.5 Å². The molecule has 1 aliphatic rings. The van der Waals surface area contributed by atoms with Gasteiger partial charge in [-0.15, -0.1) is 6.58 Å². The molecule has 2 aromatic carbocycles. The summed E-state index contributed by atoms with van der Waals surface area (Å²) < 4.78 is 0. The smallest absolute Gasteiger partial charge is 0.325 e. The van der Waals surface area contributed by atoms with Crippen LogP contribution in [0.4, 0.5) is 4.79 Å². The minimum Gasteiger partial charge on any atom is -0.351 e. The van der Waals surface area contributed by atoms with E-state index in [2.05, 4.69) is 17.2 Å². The molecule has 1 heterocycles.